The lowest BCUT2D eigenvalue weighted by Gasteiger charge is -2.18. The molecule has 0 fully saturated rings. The van der Waals surface area contributed by atoms with E-state index in [-0.39, 0.29) is 11.5 Å². The minimum absolute atomic E-state index is 0.0133. The van der Waals surface area contributed by atoms with Crippen molar-refractivity contribution in [3.8, 4) is 5.75 Å². The molecule has 2 heterocycles. The van der Waals surface area contributed by atoms with Crippen LogP contribution in [0.1, 0.15) is 35.4 Å². The number of hydrogen-bond donors (Lipinski definition) is 0. The number of fused-ring (bicyclic) bond motifs is 2. The van der Waals surface area contributed by atoms with E-state index in [4.69, 9.17) is 21.3 Å². The Bertz CT molecular complexity index is 1120. The largest absolute Gasteiger partial charge is 0.492 e. The molecule has 1 amide bonds. The first-order valence-corrected chi connectivity index (χ1v) is 10.6. The second kappa shape index (κ2) is 8.88. The molecule has 6 nitrogen and oxygen atoms in total. The Labute approximate surface area is 180 Å². The minimum atomic E-state index is -0.131. The zero-order valence-corrected chi connectivity index (χ0v) is 17.7. The van der Waals surface area contributed by atoms with Gasteiger partial charge in [-0.2, -0.15) is 0 Å². The number of likely N-dealkylation sites (N-methyl/N-ethyl adjacent to an activating group) is 1. The number of halogens is 1. The molecule has 1 aliphatic heterocycles. The van der Waals surface area contributed by atoms with Crippen molar-refractivity contribution in [2.24, 2.45) is 0 Å². The van der Waals surface area contributed by atoms with Crippen molar-refractivity contribution in [1.82, 2.24) is 14.5 Å². The van der Waals surface area contributed by atoms with E-state index in [1.165, 1.54) is 0 Å². The van der Waals surface area contributed by atoms with E-state index in [0.29, 0.717) is 46.9 Å². The average Bonchev–Trinajstić information content (AvgIpc) is 3.00. The van der Waals surface area contributed by atoms with Crippen LogP contribution in [0.3, 0.4) is 0 Å². The first kappa shape index (κ1) is 20.4. The van der Waals surface area contributed by atoms with Crippen LogP contribution in [-0.2, 0) is 13.0 Å². The summed E-state index contributed by atoms with van der Waals surface area (Å²) in [7, 11) is 1.73. The number of amides is 1. The lowest BCUT2D eigenvalue weighted by atomic mass is 10.1. The van der Waals surface area contributed by atoms with Crippen molar-refractivity contribution < 1.29 is 9.53 Å². The van der Waals surface area contributed by atoms with E-state index < -0.39 is 0 Å². The molecule has 0 spiro atoms. The van der Waals surface area contributed by atoms with Gasteiger partial charge in [-0.05, 0) is 55.3 Å². The number of nitrogens with zero attached hydrogens (tertiary/aromatic N) is 3. The predicted octanol–water partition coefficient (Wildman–Crippen LogP) is 3.93. The van der Waals surface area contributed by atoms with Crippen molar-refractivity contribution in [3.63, 3.8) is 0 Å². The Morgan fingerprint density at radius 2 is 1.97 bits per heavy atom. The van der Waals surface area contributed by atoms with Crippen LogP contribution in [0, 0.1) is 0 Å². The molecule has 0 aliphatic carbocycles. The molecule has 4 rings (SSSR count). The van der Waals surface area contributed by atoms with Crippen LogP contribution in [0.4, 0.5) is 0 Å². The lowest BCUT2D eigenvalue weighted by Crippen LogP contribution is -2.31. The van der Waals surface area contributed by atoms with Gasteiger partial charge in [0.05, 0.1) is 17.4 Å². The molecular weight excluding hydrogens is 402 g/mol. The van der Waals surface area contributed by atoms with Crippen LogP contribution in [-0.4, -0.2) is 40.6 Å². The van der Waals surface area contributed by atoms with Gasteiger partial charge in [-0.1, -0.05) is 18.0 Å². The summed E-state index contributed by atoms with van der Waals surface area (Å²) in [6, 6.07) is 12.2. The third-order valence-corrected chi connectivity index (χ3v) is 5.67. The molecule has 1 aliphatic rings. The molecule has 0 N–H and O–H groups in total. The number of hydrogen-bond acceptors (Lipinski definition) is 4. The summed E-state index contributed by atoms with van der Waals surface area (Å²) in [6.45, 7) is 1.51. The first-order valence-electron chi connectivity index (χ1n) is 10.2. The SMILES string of the molecule is CN(CCOc1ccc(Cl)cc1)C(=O)c1ccc2c(=O)n3c(nc2c1)CCCCC3. The average molecular weight is 426 g/mol. The topological polar surface area (TPSA) is 64.4 Å². The molecule has 0 saturated heterocycles. The Morgan fingerprint density at radius 1 is 1.17 bits per heavy atom. The second-order valence-corrected chi connectivity index (χ2v) is 7.99. The quantitative estimate of drug-likeness (QED) is 0.621. The number of rotatable bonds is 5. The van der Waals surface area contributed by atoms with E-state index in [0.717, 1.165) is 31.5 Å². The summed E-state index contributed by atoms with van der Waals surface area (Å²) in [5, 5.41) is 1.21. The van der Waals surface area contributed by atoms with Gasteiger partial charge in [0, 0.05) is 30.6 Å². The molecule has 0 unspecified atom stereocenters. The number of aromatic nitrogens is 2. The van der Waals surface area contributed by atoms with E-state index >= 15 is 0 Å². The normalized spacial score (nSPS) is 13.5. The number of carbonyl (C=O) groups is 1. The van der Waals surface area contributed by atoms with Crippen LogP contribution in [0.25, 0.3) is 10.9 Å². The summed E-state index contributed by atoms with van der Waals surface area (Å²) >= 11 is 5.87. The monoisotopic (exact) mass is 425 g/mol. The Balaban J connectivity index is 1.48. The molecule has 156 valence electrons. The third kappa shape index (κ3) is 4.33. The molecule has 30 heavy (non-hydrogen) atoms. The first-order chi connectivity index (χ1) is 14.5. The van der Waals surface area contributed by atoms with Gasteiger partial charge in [0.1, 0.15) is 18.2 Å². The smallest absolute Gasteiger partial charge is 0.261 e. The van der Waals surface area contributed by atoms with Crippen LogP contribution in [0.2, 0.25) is 5.02 Å². The number of ether oxygens (including phenoxy) is 1. The lowest BCUT2D eigenvalue weighted by molar-refractivity contribution is 0.0774. The van der Waals surface area contributed by atoms with Crippen molar-refractivity contribution in [3.05, 3.63) is 69.2 Å². The van der Waals surface area contributed by atoms with Gasteiger partial charge in [-0.15, -0.1) is 0 Å². The number of aryl methyl sites for hydroxylation is 1. The maximum atomic E-state index is 12.8. The fourth-order valence-electron chi connectivity index (χ4n) is 3.70. The minimum Gasteiger partial charge on any atom is -0.492 e. The highest BCUT2D eigenvalue weighted by Gasteiger charge is 2.17. The van der Waals surface area contributed by atoms with Crippen molar-refractivity contribution in [1.29, 1.82) is 0 Å². The van der Waals surface area contributed by atoms with Gasteiger partial charge in [0.15, 0.2) is 0 Å². The number of carbonyl (C=O) groups excluding carboxylic acids is 1. The summed E-state index contributed by atoms with van der Waals surface area (Å²) in [5.74, 6) is 1.39. The molecule has 0 bridgehead atoms. The summed E-state index contributed by atoms with van der Waals surface area (Å²) < 4.78 is 7.46. The maximum Gasteiger partial charge on any atom is 0.261 e. The van der Waals surface area contributed by atoms with Crippen LogP contribution in [0.5, 0.6) is 5.75 Å². The molecule has 0 radical (unpaired) electrons. The van der Waals surface area contributed by atoms with Crippen molar-refractivity contribution in [2.45, 2.75) is 32.2 Å². The zero-order valence-electron chi connectivity index (χ0n) is 16.9. The number of benzene rings is 2. The highest BCUT2D eigenvalue weighted by atomic mass is 35.5. The van der Waals surface area contributed by atoms with E-state index in [1.807, 2.05) is 0 Å². The van der Waals surface area contributed by atoms with Gasteiger partial charge >= 0.3 is 0 Å². The van der Waals surface area contributed by atoms with Gasteiger partial charge < -0.3 is 9.64 Å². The molecular formula is C23H24ClN3O3. The van der Waals surface area contributed by atoms with Crippen LogP contribution >= 0.6 is 11.6 Å². The maximum absolute atomic E-state index is 12.8. The van der Waals surface area contributed by atoms with Gasteiger partial charge in [0.2, 0.25) is 0 Å². The zero-order chi connectivity index (χ0) is 21.1. The highest BCUT2D eigenvalue weighted by Crippen LogP contribution is 2.18. The van der Waals surface area contributed by atoms with Gasteiger partial charge in [-0.3, -0.25) is 14.2 Å². The Kier molecular flexibility index (Phi) is 6.04. The van der Waals surface area contributed by atoms with E-state index in [2.05, 4.69) is 0 Å². The Hall–Kier alpha value is -2.86. The molecule has 0 atom stereocenters. The standard InChI is InChI=1S/C23H24ClN3O3/c1-26(13-14-30-18-9-7-17(24)8-10-18)22(28)16-6-11-19-20(15-16)25-21-5-3-2-4-12-27(21)23(19)29/h6-11,15H,2-5,12-14H2,1H3. The second-order valence-electron chi connectivity index (χ2n) is 7.56. The van der Waals surface area contributed by atoms with E-state index in [1.54, 1.807) is 59.0 Å². The molecule has 2 aromatic carbocycles. The molecule has 7 heteroatoms. The highest BCUT2D eigenvalue weighted by molar-refractivity contribution is 6.30. The molecule has 3 aromatic rings. The van der Waals surface area contributed by atoms with Crippen LogP contribution < -0.4 is 10.3 Å². The summed E-state index contributed by atoms with van der Waals surface area (Å²) in [5.41, 5.74) is 1.09. The van der Waals surface area contributed by atoms with Crippen molar-refractivity contribution in [2.75, 3.05) is 20.2 Å². The van der Waals surface area contributed by atoms with Crippen LogP contribution in [0.15, 0.2) is 47.3 Å². The predicted molar refractivity (Wildman–Crippen MR) is 117 cm³/mol. The summed E-state index contributed by atoms with van der Waals surface area (Å²) in [4.78, 5) is 32.0. The third-order valence-electron chi connectivity index (χ3n) is 5.42. The summed E-state index contributed by atoms with van der Waals surface area (Å²) in [6.07, 6.45) is 3.93. The Morgan fingerprint density at radius 3 is 2.77 bits per heavy atom. The van der Waals surface area contributed by atoms with Gasteiger partial charge in [-0.25, -0.2) is 4.98 Å². The molecule has 0 saturated carbocycles. The van der Waals surface area contributed by atoms with Gasteiger partial charge in [0.25, 0.3) is 11.5 Å². The van der Waals surface area contributed by atoms with E-state index in [9.17, 15) is 9.59 Å². The fourth-order valence-corrected chi connectivity index (χ4v) is 3.83. The fraction of sp³-hybridized carbons (Fsp3) is 0.348. The molecule has 1 aromatic heterocycles. The van der Waals surface area contributed by atoms with Crippen molar-refractivity contribution >= 4 is 28.4 Å².